The summed E-state index contributed by atoms with van der Waals surface area (Å²) in [5, 5.41) is 11.0. The van der Waals surface area contributed by atoms with Crippen LogP contribution in [0, 0.1) is 5.82 Å². The Morgan fingerprint density at radius 3 is 2.75 bits per heavy atom. The van der Waals surface area contributed by atoms with Crippen molar-refractivity contribution in [3.8, 4) is 0 Å². The third-order valence-corrected chi connectivity index (χ3v) is 4.78. The van der Waals surface area contributed by atoms with Crippen molar-refractivity contribution in [2.24, 2.45) is 0 Å². The fourth-order valence-electron chi connectivity index (χ4n) is 3.35. The van der Waals surface area contributed by atoms with E-state index in [0.717, 1.165) is 12.2 Å². The maximum absolute atomic E-state index is 14.3. The standard InChI is InChI=1S/C20H20FN5O2/c1-12(2)19-24-23-17-8-5-13(11-26(17)19)22-20(28)15-10-14(6-7-16(15)21)25-9-3-4-18(25)27/h5-8,10-12H,3-4,9H2,1-2H3,(H,22,28). The van der Waals surface area contributed by atoms with Gasteiger partial charge < -0.3 is 10.2 Å². The monoisotopic (exact) mass is 381 g/mol. The molecule has 0 bridgehead atoms. The molecule has 2 aromatic heterocycles. The zero-order valence-corrected chi connectivity index (χ0v) is 15.6. The van der Waals surface area contributed by atoms with Crippen molar-refractivity contribution in [1.29, 1.82) is 0 Å². The lowest BCUT2D eigenvalue weighted by atomic mass is 10.1. The van der Waals surface area contributed by atoms with Crippen molar-refractivity contribution >= 4 is 28.8 Å². The van der Waals surface area contributed by atoms with Crippen LogP contribution in [-0.2, 0) is 4.79 Å². The average Bonchev–Trinajstić information content (AvgIpc) is 3.28. The summed E-state index contributed by atoms with van der Waals surface area (Å²) in [6.07, 6.45) is 2.94. The molecule has 3 heterocycles. The first-order chi connectivity index (χ1) is 13.4. The van der Waals surface area contributed by atoms with Gasteiger partial charge in [-0.05, 0) is 36.8 Å². The van der Waals surface area contributed by atoms with Crippen molar-refractivity contribution in [3.63, 3.8) is 0 Å². The number of hydrogen-bond donors (Lipinski definition) is 1. The molecule has 1 aliphatic heterocycles. The van der Waals surface area contributed by atoms with Crippen LogP contribution in [0.2, 0.25) is 0 Å². The van der Waals surface area contributed by atoms with Gasteiger partial charge in [0.15, 0.2) is 5.65 Å². The van der Waals surface area contributed by atoms with Gasteiger partial charge in [-0.2, -0.15) is 0 Å². The molecular weight excluding hydrogens is 361 g/mol. The summed E-state index contributed by atoms with van der Waals surface area (Å²) in [6, 6.07) is 7.59. The van der Waals surface area contributed by atoms with Gasteiger partial charge in [-0.25, -0.2) is 4.39 Å². The van der Waals surface area contributed by atoms with Gasteiger partial charge in [0.25, 0.3) is 5.91 Å². The van der Waals surface area contributed by atoms with Crippen molar-refractivity contribution in [2.45, 2.75) is 32.6 Å². The predicted octanol–water partition coefficient (Wildman–Crippen LogP) is 3.37. The Morgan fingerprint density at radius 2 is 2.04 bits per heavy atom. The SMILES string of the molecule is CC(C)c1nnc2ccc(NC(=O)c3cc(N4CCCC4=O)ccc3F)cn12. The number of nitrogens with zero attached hydrogens (tertiary/aromatic N) is 4. The minimum Gasteiger partial charge on any atom is -0.321 e. The van der Waals surface area contributed by atoms with Crippen LogP contribution in [0.1, 0.15) is 48.8 Å². The van der Waals surface area contributed by atoms with Crippen molar-refractivity contribution in [1.82, 2.24) is 14.6 Å². The number of fused-ring (bicyclic) bond motifs is 1. The molecule has 0 spiro atoms. The van der Waals surface area contributed by atoms with E-state index >= 15 is 0 Å². The van der Waals surface area contributed by atoms with Crippen LogP contribution < -0.4 is 10.2 Å². The minimum atomic E-state index is -0.638. The molecule has 0 aliphatic carbocycles. The summed E-state index contributed by atoms with van der Waals surface area (Å²) in [5.74, 6) is -0.303. The maximum atomic E-state index is 14.3. The van der Waals surface area contributed by atoms with E-state index in [-0.39, 0.29) is 17.4 Å². The predicted molar refractivity (Wildman–Crippen MR) is 103 cm³/mol. The molecule has 8 heteroatoms. The molecule has 1 aromatic carbocycles. The number of aromatic nitrogens is 3. The summed E-state index contributed by atoms with van der Waals surface area (Å²) in [6.45, 7) is 4.58. The number of amides is 2. The van der Waals surface area contributed by atoms with E-state index in [2.05, 4.69) is 15.5 Å². The van der Waals surface area contributed by atoms with Crippen LogP contribution >= 0.6 is 0 Å². The van der Waals surface area contributed by atoms with Crippen LogP contribution in [0.5, 0.6) is 0 Å². The van der Waals surface area contributed by atoms with Crippen LogP contribution in [0.15, 0.2) is 36.5 Å². The Hall–Kier alpha value is -3.29. The molecule has 1 fully saturated rings. The van der Waals surface area contributed by atoms with E-state index in [9.17, 15) is 14.0 Å². The highest BCUT2D eigenvalue weighted by Gasteiger charge is 2.23. The molecule has 1 aliphatic rings. The topological polar surface area (TPSA) is 79.6 Å². The number of benzene rings is 1. The number of carbonyl (C=O) groups is 2. The quantitative estimate of drug-likeness (QED) is 0.751. The van der Waals surface area contributed by atoms with E-state index in [1.54, 1.807) is 27.6 Å². The lowest BCUT2D eigenvalue weighted by Crippen LogP contribution is -2.24. The summed E-state index contributed by atoms with van der Waals surface area (Å²) in [4.78, 5) is 26.2. The summed E-state index contributed by atoms with van der Waals surface area (Å²) >= 11 is 0. The molecule has 144 valence electrons. The highest BCUT2D eigenvalue weighted by atomic mass is 19.1. The minimum absolute atomic E-state index is 0.0164. The Morgan fingerprint density at radius 1 is 1.21 bits per heavy atom. The Bertz CT molecular complexity index is 1080. The molecule has 28 heavy (non-hydrogen) atoms. The molecule has 0 saturated carbocycles. The Balaban J connectivity index is 1.62. The highest BCUT2D eigenvalue weighted by Crippen LogP contribution is 2.25. The van der Waals surface area contributed by atoms with Gasteiger partial charge in [-0.15, -0.1) is 10.2 Å². The molecule has 1 saturated heterocycles. The molecule has 3 aromatic rings. The van der Waals surface area contributed by atoms with E-state index < -0.39 is 11.7 Å². The van der Waals surface area contributed by atoms with Gasteiger partial charge in [0.1, 0.15) is 11.6 Å². The summed E-state index contributed by atoms with van der Waals surface area (Å²) in [7, 11) is 0. The number of carbonyl (C=O) groups excluding carboxylic acids is 2. The smallest absolute Gasteiger partial charge is 0.258 e. The number of nitrogens with one attached hydrogen (secondary N) is 1. The number of hydrogen-bond acceptors (Lipinski definition) is 4. The number of pyridine rings is 1. The highest BCUT2D eigenvalue weighted by molar-refractivity contribution is 6.06. The second-order valence-electron chi connectivity index (χ2n) is 7.13. The fraction of sp³-hybridized carbons (Fsp3) is 0.300. The average molecular weight is 381 g/mol. The van der Waals surface area contributed by atoms with E-state index in [4.69, 9.17) is 0 Å². The third-order valence-electron chi connectivity index (χ3n) is 4.78. The third kappa shape index (κ3) is 3.21. The van der Waals surface area contributed by atoms with E-state index in [0.29, 0.717) is 30.0 Å². The van der Waals surface area contributed by atoms with Crippen molar-refractivity contribution in [2.75, 3.05) is 16.8 Å². The number of anilines is 2. The van der Waals surface area contributed by atoms with Crippen LogP contribution in [0.4, 0.5) is 15.8 Å². The zero-order chi connectivity index (χ0) is 19.8. The molecular formula is C20H20FN5O2. The first kappa shape index (κ1) is 18.1. The van der Waals surface area contributed by atoms with Gasteiger partial charge in [0.2, 0.25) is 5.91 Å². The fourth-order valence-corrected chi connectivity index (χ4v) is 3.35. The van der Waals surface area contributed by atoms with Gasteiger partial charge in [0, 0.05) is 30.8 Å². The summed E-state index contributed by atoms with van der Waals surface area (Å²) < 4.78 is 16.1. The molecule has 4 rings (SSSR count). The van der Waals surface area contributed by atoms with Crippen molar-refractivity contribution in [3.05, 3.63) is 53.7 Å². The normalized spacial score (nSPS) is 14.3. The lowest BCUT2D eigenvalue weighted by Gasteiger charge is -2.17. The summed E-state index contributed by atoms with van der Waals surface area (Å²) in [5.41, 5.74) is 1.60. The maximum Gasteiger partial charge on any atom is 0.258 e. The van der Waals surface area contributed by atoms with E-state index in [1.165, 1.54) is 18.2 Å². The van der Waals surface area contributed by atoms with Gasteiger partial charge in [0.05, 0.1) is 11.3 Å². The van der Waals surface area contributed by atoms with Crippen LogP contribution in [0.3, 0.4) is 0 Å². The molecule has 1 N–H and O–H groups in total. The first-order valence-corrected chi connectivity index (χ1v) is 9.20. The first-order valence-electron chi connectivity index (χ1n) is 9.20. The second kappa shape index (κ2) is 7.03. The molecule has 7 nitrogen and oxygen atoms in total. The van der Waals surface area contributed by atoms with Gasteiger partial charge in [-0.1, -0.05) is 13.8 Å². The molecule has 2 amide bonds. The van der Waals surface area contributed by atoms with Gasteiger partial charge >= 0.3 is 0 Å². The number of halogens is 1. The second-order valence-corrected chi connectivity index (χ2v) is 7.13. The largest absolute Gasteiger partial charge is 0.321 e. The number of rotatable bonds is 4. The molecule has 0 unspecified atom stereocenters. The lowest BCUT2D eigenvalue weighted by molar-refractivity contribution is -0.117. The molecule has 0 radical (unpaired) electrons. The van der Waals surface area contributed by atoms with E-state index in [1.807, 2.05) is 13.8 Å². The van der Waals surface area contributed by atoms with Gasteiger partial charge in [-0.3, -0.25) is 14.0 Å². The Kier molecular flexibility index (Phi) is 4.54. The molecule has 0 atom stereocenters. The van der Waals surface area contributed by atoms with Crippen LogP contribution in [-0.4, -0.2) is 33.0 Å². The van der Waals surface area contributed by atoms with Crippen molar-refractivity contribution < 1.29 is 14.0 Å². The van der Waals surface area contributed by atoms with Crippen LogP contribution in [0.25, 0.3) is 5.65 Å². The zero-order valence-electron chi connectivity index (χ0n) is 15.6. The Labute approximate surface area is 161 Å².